The van der Waals surface area contributed by atoms with Crippen molar-refractivity contribution in [3.05, 3.63) is 100 Å². The maximum absolute atomic E-state index is 13.9. The molecule has 0 radical (unpaired) electrons. The Balaban J connectivity index is 1.67. The standard InChI is InChI=1S/C26H20ClNO3/c1-14(29)26-19-11-4-2-9-17(19)21(18-10-3-5-12-20(18)26)22-23(26)25(31)28(24(22)30)16-8-6-7-15(27)13-16/h2-14,21-23,29H,1H3/t14-,21?,22-,23-,26?/m0/s1. The largest absolute Gasteiger partial charge is 0.392 e. The van der Waals surface area contributed by atoms with Gasteiger partial charge >= 0.3 is 0 Å². The van der Waals surface area contributed by atoms with Crippen molar-refractivity contribution >= 4 is 29.1 Å². The summed E-state index contributed by atoms with van der Waals surface area (Å²) in [6, 6.07) is 22.7. The fraction of sp³-hybridized carbons (Fsp3) is 0.231. The van der Waals surface area contributed by atoms with Gasteiger partial charge < -0.3 is 5.11 Å². The number of anilines is 1. The van der Waals surface area contributed by atoms with Gasteiger partial charge in [0.2, 0.25) is 11.8 Å². The molecule has 1 aliphatic heterocycles. The van der Waals surface area contributed by atoms with E-state index < -0.39 is 23.4 Å². The lowest BCUT2D eigenvalue weighted by molar-refractivity contribution is -0.126. The van der Waals surface area contributed by atoms with Gasteiger partial charge in [-0.1, -0.05) is 66.2 Å². The summed E-state index contributed by atoms with van der Waals surface area (Å²) in [5.41, 5.74) is 3.44. The molecule has 3 aromatic rings. The summed E-state index contributed by atoms with van der Waals surface area (Å²) in [4.78, 5) is 29.0. The highest BCUT2D eigenvalue weighted by Gasteiger charge is 2.69. The second-order valence-corrected chi connectivity index (χ2v) is 9.13. The van der Waals surface area contributed by atoms with Gasteiger partial charge in [0.1, 0.15) is 0 Å². The second kappa shape index (κ2) is 6.28. The van der Waals surface area contributed by atoms with E-state index in [2.05, 4.69) is 0 Å². The molecule has 31 heavy (non-hydrogen) atoms. The Morgan fingerprint density at radius 2 is 1.52 bits per heavy atom. The number of hydrogen-bond donors (Lipinski definition) is 1. The second-order valence-electron chi connectivity index (χ2n) is 8.69. The van der Waals surface area contributed by atoms with Crippen molar-refractivity contribution < 1.29 is 14.7 Å². The van der Waals surface area contributed by atoms with Gasteiger partial charge in [-0.2, -0.15) is 0 Å². The lowest BCUT2D eigenvalue weighted by atomic mass is 9.46. The molecule has 5 heteroatoms. The lowest BCUT2D eigenvalue weighted by Crippen LogP contribution is -2.58. The average molecular weight is 430 g/mol. The van der Waals surface area contributed by atoms with E-state index in [0.29, 0.717) is 10.7 Å². The van der Waals surface area contributed by atoms with Crippen molar-refractivity contribution in [1.29, 1.82) is 0 Å². The van der Waals surface area contributed by atoms with Crippen LogP contribution in [0.25, 0.3) is 0 Å². The molecule has 3 aromatic carbocycles. The predicted octanol–water partition coefficient (Wildman–Crippen LogP) is 4.27. The Hall–Kier alpha value is -2.95. The van der Waals surface area contributed by atoms with Gasteiger partial charge in [0.15, 0.2) is 0 Å². The summed E-state index contributed by atoms with van der Waals surface area (Å²) < 4.78 is 0. The number of carbonyl (C=O) groups is 2. The van der Waals surface area contributed by atoms with Gasteiger partial charge in [0.05, 0.1) is 29.0 Å². The zero-order valence-electron chi connectivity index (χ0n) is 16.8. The Morgan fingerprint density at radius 1 is 0.903 bits per heavy atom. The van der Waals surface area contributed by atoms with E-state index in [4.69, 9.17) is 11.6 Å². The van der Waals surface area contributed by atoms with Gasteiger partial charge in [-0.15, -0.1) is 0 Å². The molecule has 4 aliphatic rings. The summed E-state index contributed by atoms with van der Waals surface area (Å²) in [6.45, 7) is 1.73. The lowest BCUT2D eigenvalue weighted by Gasteiger charge is -2.55. The summed E-state index contributed by atoms with van der Waals surface area (Å²) in [5.74, 6) is -1.96. The van der Waals surface area contributed by atoms with Gasteiger partial charge in [-0.05, 0) is 47.4 Å². The van der Waals surface area contributed by atoms with Crippen LogP contribution in [0, 0.1) is 11.8 Å². The minimum Gasteiger partial charge on any atom is -0.392 e. The smallest absolute Gasteiger partial charge is 0.239 e. The third-order valence-corrected chi connectivity index (χ3v) is 7.64. The zero-order chi connectivity index (χ0) is 21.5. The van der Waals surface area contributed by atoms with Gasteiger partial charge in [-0.25, -0.2) is 4.90 Å². The van der Waals surface area contributed by atoms with Gasteiger partial charge in [-0.3, -0.25) is 9.59 Å². The number of rotatable bonds is 2. The summed E-state index contributed by atoms with van der Waals surface area (Å²) in [5, 5.41) is 11.8. The van der Waals surface area contributed by atoms with Crippen molar-refractivity contribution in [3.8, 4) is 0 Å². The number of amides is 2. The van der Waals surface area contributed by atoms with Crippen LogP contribution in [0.1, 0.15) is 35.1 Å². The number of halogens is 1. The molecule has 0 unspecified atom stereocenters. The van der Waals surface area contributed by atoms with Crippen LogP contribution in [-0.4, -0.2) is 23.0 Å². The molecule has 2 amide bonds. The molecule has 1 fully saturated rings. The Morgan fingerprint density at radius 3 is 2.10 bits per heavy atom. The highest BCUT2D eigenvalue weighted by atomic mass is 35.5. The van der Waals surface area contributed by atoms with Crippen LogP contribution >= 0.6 is 11.6 Å². The molecule has 0 spiro atoms. The topological polar surface area (TPSA) is 57.6 Å². The number of benzene rings is 3. The molecular formula is C26H20ClNO3. The van der Waals surface area contributed by atoms with Crippen molar-refractivity contribution in [2.75, 3.05) is 4.90 Å². The minimum atomic E-state index is -0.979. The minimum absolute atomic E-state index is 0.223. The van der Waals surface area contributed by atoms with Crippen LogP contribution in [0.3, 0.4) is 0 Å². The van der Waals surface area contributed by atoms with Gasteiger partial charge in [0.25, 0.3) is 0 Å². The molecular weight excluding hydrogens is 410 g/mol. The fourth-order valence-corrected chi connectivity index (χ4v) is 6.59. The van der Waals surface area contributed by atoms with Crippen LogP contribution in [0.15, 0.2) is 72.8 Å². The first-order chi connectivity index (χ1) is 15.0. The van der Waals surface area contributed by atoms with Crippen LogP contribution in [0.4, 0.5) is 5.69 Å². The molecule has 2 bridgehead atoms. The van der Waals surface area contributed by atoms with Crippen molar-refractivity contribution in [1.82, 2.24) is 0 Å². The number of aliphatic hydroxyl groups is 1. The summed E-state index contributed by atoms with van der Waals surface area (Å²) in [6.07, 6.45) is -0.861. The third kappa shape index (κ3) is 2.14. The highest BCUT2D eigenvalue weighted by molar-refractivity contribution is 6.31. The number of aliphatic hydroxyl groups excluding tert-OH is 1. The molecule has 0 aromatic heterocycles. The number of carbonyl (C=O) groups excluding carboxylic acids is 2. The summed E-state index contributed by atoms with van der Waals surface area (Å²) in [7, 11) is 0. The zero-order valence-corrected chi connectivity index (χ0v) is 17.6. The SMILES string of the molecule is C[C@H](O)C12c3ccccc3C(c3ccccc31)[C@@H]1C(=O)N(c3cccc(Cl)c3)C(=O)[C@H]12. The van der Waals surface area contributed by atoms with Crippen molar-refractivity contribution in [2.24, 2.45) is 11.8 Å². The van der Waals surface area contributed by atoms with E-state index in [1.165, 1.54) is 4.90 Å². The van der Waals surface area contributed by atoms with Crippen LogP contribution in [-0.2, 0) is 15.0 Å². The van der Waals surface area contributed by atoms with Crippen molar-refractivity contribution in [3.63, 3.8) is 0 Å². The molecule has 4 nitrogen and oxygen atoms in total. The van der Waals surface area contributed by atoms with E-state index in [0.717, 1.165) is 22.3 Å². The Kier molecular flexibility index (Phi) is 3.81. The van der Waals surface area contributed by atoms with E-state index in [9.17, 15) is 14.7 Å². The van der Waals surface area contributed by atoms with Crippen LogP contribution in [0.5, 0.6) is 0 Å². The molecule has 0 saturated carbocycles. The maximum Gasteiger partial charge on any atom is 0.239 e. The highest BCUT2D eigenvalue weighted by Crippen LogP contribution is 2.65. The van der Waals surface area contributed by atoms with Crippen LogP contribution in [0.2, 0.25) is 5.02 Å². The molecule has 7 rings (SSSR count). The van der Waals surface area contributed by atoms with E-state index >= 15 is 0 Å². The van der Waals surface area contributed by atoms with E-state index in [-0.39, 0.29) is 17.7 Å². The molecule has 1 saturated heterocycles. The quantitative estimate of drug-likeness (QED) is 0.619. The maximum atomic E-state index is 13.9. The number of imide groups is 1. The predicted molar refractivity (Wildman–Crippen MR) is 118 cm³/mol. The molecule has 1 N–H and O–H groups in total. The average Bonchev–Trinajstić information content (AvgIpc) is 3.04. The first-order valence-electron chi connectivity index (χ1n) is 10.5. The number of nitrogens with zero attached hydrogens (tertiary/aromatic N) is 1. The third-order valence-electron chi connectivity index (χ3n) is 7.41. The molecule has 154 valence electrons. The summed E-state index contributed by atoms with van der Waals surface area (Å²) >= 11 is 6.18. The Bertz CT molecular complexity index is 1220. The van der Waals surface area contributed by atoms with Crippen LogP contribution < -0.4 is 4.90 Å². The normalized spacial score (nSPS) is 28.9. The van der Waals surface area contributed by atoms with Gasteiger partial charge in [0, 0.05) is 10.9 Å². The molecule has 3 atom stereocenters. The van der Waals surface area contributed by atoms with E-state index in [1.54, 1.807) is 31.2 Å². The van der Waals surface area contributed by atoms with E-state index in [1.807, 2.05) is 48.5 Å². The number of hydrogen-bond acceptors (Lipinski definition) is 3. The van der Waals surface area contributed by atoms with Crippen molar-refractivity contribution in [2.45, 2.75) is 24.4 Å². The molecule has 1 heterocycles. The molecule has 3 aliphatic carbocycles. The first-order valence-corrected chi connectivity index (χ1v) is 10.9. The Labute approximate surface area is 185 Å². The fourth-order valence-electron chi connectivity index (χ4n) is 6.41. The first kappa shape index (κ1) is 18.8. The monoisotopic (exact) mass is 429 g/mol.